The van der Waals surface area contributed by atoms with E-state index < -0.39 is 0 Å². The average Bonchev–Trinajstić information content (AvgIpc) is 3.37. The Hall–Kier alpha value is -0.940. The van der Waals surface area contributed by atoms with Gasteiger partial charge in [-0.25, -0.2) is 0 Å². The molecule has 2 aliphatic carbocycles. The zero-order chi connectivity index (χ0) is 13.8. The van der Waals surface area contributed by atoms with E-state index in [0.717, 1.165) is 43.7 Å². The molecule has 3 rings (SSSR count). The second-order valence-corrected chi connectivity index (χ2v) is 6.40. The zero-order valence-corrected chi connectivity index (χ0v) is 12.6. The maximum atomic E-state index is 4.23. The molecule has 2 aliphatic rings. The molecular formula is C15H27N5. The number of hydrogen-bond acceptors (Lipinski definition) is 4. The first-order chi connectivity index (χ1) is 9.83. The number of aromatic nitrogens is 3. The van der Waals surface area contributed by atoms with Gasteiger partial charge in [0.05, 0.1) is 12.2 Å². The Balaban J connectivity index is 1.43. The van der Waals surface area contributed by atoms with Gasteiger partial charge < -0.3 is 10.2 Å². The Labute approximate surface area is 121 Å². The lowest BCUT2D eigenvalue weighted by atomic mass is 10.3. The molecule has 2 saturated carbocycles. The smallest absolute Gasteiger partial charge is 0.0964 e. The van der Waals surface area contributed by atoms with Crippen LogP contribution in [-0.2, 0) is 13.1 Å². The molecule has 0 spiro atoms. The van der Waals surface area contributed by atoms with Crippen molar-refractivity contribution < 1.29 is 0 Å². The summed E-state index contributed by atoms with van der Waals surface area (Å²) >= 11 is 0. The van der Waals surface area contributed by atoms with E-state index in [4.69, 9.17) is 0 Å². The Morgan fingerprint density at radius 1 is 1.25 bits per heavy atom. The van der Waals surface area contributed by atoms with Gasteiger partial charge >= 0.3 is 0 Å². The molecule has 0 radical (unpaired) electrons. The van der Waals surface area contributed by atoms with Crippen LogP contribution in [0, 0.1) is 11.8 Å². The third-order valence-corrected chi connectivity index (χ3v) is 4.21. The Bertz CT molecular complexity index is 394. The van der Waals surface area contributed by atoms with Crippen molar-refractivity contribution in [3.63, 3.8) is 0 Å². The maximum absolute atomic E-state index is 4.23. The summed E-state index contributed by atoms with van der Waals surface area (Å²) in [5, 5.41) is 11.7. The lowest BCUT2D eigenvalue weighted by molar-refractivity contribution is 0.238. The van der Waals surface area contributed by atoms with Gasteiger partial charge in [-0.3, -0.25) is 4.68 Å². The third-order valence-electron chi connectivity index (χ3n) is 4.21. The van der Waals surface area contributed by atoms with Crippen LogP contribution in [-0.4, -0.2) is 46.1 Å². The Morgan fingerprint density at radius 2 is 1.95 bits per heavy atom. The lowest BCUT2D eigenvalue weighted by Crippen LogP contribution is -2.31. The molecule has 0 atom stereocenters. The lowest BCUT2D eigenvalue weighted by Gasteiger charge is -2.21. The minimum atomic E-state index is 0.824. The molecule has 1 N–H and O–H groups in total. The molecule has 20 heavy (non-hydrogen) atoms. The van der Waals surface area contributed by atoms with Gasteiger partial charge in [-0.2, -0.15) is 0 Å². The summed E-state index contributed by atoms with van der Waals surface area (Å²) in [5.74, 6) is 1.96. The summed E-state index contributed by atoms with van der Waals surface area (Å²) in [7, 11) is 0. The van der Waals surface area contributed by atoms with Gasteiger partial charge in [-0.05, 0) is 44.1 Å². The summed E-state index contributed by atoms with van der Waals surface area (Å²) in [6.45, 7) is 8.60. The van der Waals surface area contributed by atoms with E-state index in [-0.39, 0.29) is 0 Å². The van der Waals surface area contributed by atoms with Crippen LogP contribution in [0.1, 0.15) is 38.3 Å². The molecule has 0 aromatic carbocycles. The minimum Gasteiger partial charge on any atom is -0.311 e. The maximum Gasteiger partial charge on any atom is 0.0964 e. The largest absolute Gasteiger partial charge is 0.311 e. The zero-order valence-electron chi connectivity index (χ0n) is 12.6. The number of nitrogens with zero attached hydrogens (tertiary/aromatic N) is 4. The molecule has 0 bridgehead atoms. The first kappa shape index (κ1) is 14.0. The van der Waals surface area contributed by atoms with Crippen molar-refractivity contribution in [3.05, 3.63) is 11.9 Å². The van der Waals surface area contributed by atoms with Crippen LogP contribution in [0.4, 0.5) is 0 Å². The van der Waals surface area contributed by atoms with E-state index in [1.807, 2.05) is 4.68 Å². The van der Waals surface area contributed by atoms with Crippen molar-refractivity contribution in [1.29, 1.82) is 0 Å². The number of nitrogens with one attached hydrogen (secondary N) is 1. The molecule has 0 saturated heterocycles. The van der Waals surface area contributed by atoms with E-state index in [2.05, 4.69) is 33.6 Å². The molecule has 5 heteroatoms. The first-order valence-corrected chi connectivity index (χ1v) is 8.15. The topological polar surface area (TPSA) is 46.0 Å². The highest BCUT2D eigenvalue weighted by molar-refractivity contribution is 4.91. The van der Waals surface area contributed by atoms with Crippen LogP contribution in [0.25, 0.3) is 0 Å². The fourth-order valence-electron chi connectivity index (χ4n) is 2.61. The predicted molar refractivity (Wildman–Crippen MR) is 79.3 cm³/mol. The molecule has 1 aromatic heterocycles. The summed E-state index contributed by atoms with van der Waals surface area (Å²) in [4.78, 5) is 2.65. The summed E-state index contributed by atoms with van der Waals surface area (Å²) in [5.41, 5.74) is 1.04. The predicted octanol–water partition coefficient (Wildman–Crippen LogP) is 1.51. The molecule has 0 unspecified atom stereocenters. The minimum absolute atomic E-state index is 0.824. The summed E-state index contributed by atoms with van der Waals surface area (Å²) in [6, 6.07) is 0. The van der Waals surface area contributed by atoms with Crippen molar-refractivity contribution in [3.8, 4) is 0 Å². The fraction of sp³-hybridized carbons (Fsp3) is 0.867. The molecule has 0 aliphatic heterocycles. The van der Waals surface area contributed by atoms with E-state index in [0.29, 0.717) is 0 Å². The van der Waals surface area contributed by atoms with Crippen molar-refractivity contribution in [2.75, 3.05) is 26.2 Å². The third kappa shape index (κ3) is 4.56. The van der Waals surface area contributed by atoms with Crippen molar-refractivity contribution in [2.45, 2.75) is 45.7 Å². The van der Waals surface area contributed by atoms with Crippen molar-refractivity contribution >= 4 is 0 Å². The van der Waals surface area contributed by atoms with E-state index in [1.54, 1.807) is 0 Å². The molecule has 1 heterocycles. The van der Waals surface area contributed by atoms with Crippen LogP contribution < -0.4 is 5.32 Å². The van der Waals surface area contributed by atoms with Gasteiger partial charge in [0.2, 0.25) is 0 Å². The number of hydrogen-bond donors (Lipinski definition) is 1. The Morgan fingerprint density at radius 3 is 2.55 bits per heavy atom. The average molecular weight is 277 g/mol. The van der Waals surface area contributed by atoms with Crippen LogP contribution in [0.5, 0.6) is 0 Å². The summed E-state index contributed by atoms with van der Waals surface area (Å²) in [6.07, 6.45) is 7.85. The Kier molecular flexibility index (Phi) is 4.68. The second kappa shape index (κ2) is 6.68. The quantitative estimate of drug-likeness (QED) is 0.704. The van der Waals surface area contributed by atoms with Crippen LogP contribution in [0.2, 0.25) is 0 Å². The van der Waals surface area contributed by atoms with Gasteiger partial charge in [0.15, 0.2) is 0 Å². The molecule has 2 fully saturated rings. The van der Waals surface area contributed by atoms with Crippen LogP contribution >= 0.6 is 0 Å². The van der Waals surface area contributed by atoms with Crippen molar-refractivity contribution in [1.82, 2.24) is 25.2 Å². The standard InChI is InChI=1S/C15H27N5/c1-2-16-9-15-12-20(18-17-15)8-7-19(10-13-3-4-13)11-14-5-6-14/h12-14,16H,2-11H2,1H3. The normalized spacial score (nSPS) is 18.9. The monoisotopic (exact) mass is 277 g/mol. The second-order valence-electron chi connectivity index (χ2n) is 6.40. The van der Waals surface area contributed by atoms with Gasteiger partial charge in [-0.1, -0.05) is 12.1 Å². The SMILES string of the molecule is CCNCc1cn(CCN(CC2CC2)CC2CC2)nn1. The number of rotatable bonds is 10. The highest BCUT2D eigenvalue weighted by Crippen LogP contribution is 2.33. The van der Waals surface area contributed by atoms with Crippen LogP contribution in [0.15, 0.2) is 6.20 Å². The fourth-order valence-corrected chi connectivity index (χ4v) is 2.61. The van der Waals surface area contributed by atoms with Gasteiger partial charge in [0.25, 0.3) is 0 Å². The molecule has 5 nitrogen and oxygen atoms in total. The molecule has 112 valence electrons. The molecule has 1 aromatic rings. The first-order valence-electron chi connectivity index (χ1n) is 8.15. The van der Waals surface area contributed by atoms with Gasteiger partial charge in [0.1, 0.15) is 0 Å². The van der Waals surface area contributed by atoms with Crippen molar-refractivity contribution in [2.24, 2.45) is 11.8 Å². The molecular weight excluding hydrogens is 250 g/mol. The van der Waals surface area contributed by atoms with Gasteiger partial charge in [-0.15, -0.1) is 5.10 Å². The van der Waals surface area contributed by atoms with E-state index in [9.17, 15) is 0 Å². The summed E-state index contributed by atoms with van der Waals surface area (Å²) < 4.78 is 2.00. The molecule has 0 amide bonds. The highest BCUT2D eigenvalue weighted by Gasteiger charge is 2.28. The highest BCUT2D eigenvalue weighted by atomic mass is 15.4. The van der Waals surface area contributed by atoms with Gasteiger partial charge in [0, 0.05) is 32.4 Å². The van der Waals surface area contributed by atoms with Crippen LogP contribution in [0.3, 0.4) is 0 Å². The van der Waals surface area contributed by atoms with E-state index in [1.165, 1.54) is 38.8 Å². The van der Waals surface area contributed by atoms with E-state index >= 15 is 0 Å².